The van der Waals surface area contributed by atoms with Gasteiger partial charge in [-0.2, -0.15) is 0 Å². The van der Waals surface area contributed by atoms with Gasteiger partial charge in [-0.1, -0.05) is 19.1 Å². The second-order valence-corrected chi connectivity index (χ2v) is 2.09. The summed E-state index contributed by atoms with van der Waals surface area (Å²) < 4.78 is 0. The topological polar surface area (TPSA) is 26.0 Å². The zero-order valence-corrected chi connectivity index (χ0v) is 5.72. The Morgan fingerprint density at radius 2 is 2.12 bits per heavy atom. The van der Waals surface area contributed by atoms with Gasteiger partial charge in [-0.3, -0.25) is 0 Å². The third kappa shape index (κ3) is 5.70. The lowest BCUT2D eigenvalue weighted by Gasteiger charge is -1.95. The lowest BCUT2D eigenvalue weighted by atomic mass is 10.2. The van der Waals surface area contributed by atoms with E-state index < -0.39 is 0 Å². The van der Waals surface area contributed by atoms with E-state index in [2.05, 4.69) is 19.1 Å². The first-order valence-electron chi connectivity index (χ1n) is 3.18. The van der Waals surface area contributed by atoms with E-state index in [1.165, 1.54) is 0 Å². The van der Waals surface area contributed by atoms with Crippen molar-refractivity contribution >= 4 is 0 Å². The standard InChI is InChI=1S/C7H15N/c1-3-4-5-6-7(2)8/h4-5,7H,3,6,8H2,1-2H3/b5-4+. The molecule has 0 radical (unpaired) electrons. The van der Waals surface area contributed by atoms with Crippen LogP contribution in [0, 0.1) is 0 Å². The number of hydrogen-bond donors (Lipinski definition) is 1. The van der Waals surface area contributed by atoms with Gasteiger partial charge in [0.2, 0.25) is 0 Å². The van der Waals surface area contributed by atoms with Gasteiger partial charge in [0.1, 0.15) is 0 Å². The lowest BCUT2D eigenvalue weighted by molar-refractivity contribution is 0.755. The van der Waals surface area contributed by atoms with Crippen LogP contribution in [-0.4, -0.2) is 6.04 Å². The Labute approximate surface area is 51.6 Å². The summed E-state index contributed by atoms with van der Waals surface area (Å²) in [4.78, 5) is 0. The molecule has 8 heavy (non-hydrogen) atoms. The fourth-order valence-electron chi connectivity index (χ4n) is 0.478. The molecule has 0 aromatic carbocycles. The van der Waals surface area contributed by atoms with Gasteiger partial charge in [-0.25, -0.2) is 0 Å². The third-order valence-electron chi connectivity index (χ3n) is 0.910. The van der Waals surface area contributed by atoms with Crippen molar-refractivity contribution < 1.29 is 0 Å². The maximum absolute atomic E-state index is 5.48. The molecule has 0 aliphatic rings. The zero-order valence-electron chi connectivity index (χ0n) is 5.72. The van der Waals surface area contributed by atoms with Crippen molar-refractivity contribution in [3.05, 3.63) is 12.2 Å². The molecule has 0 saturated carbocycles. The second kappa shape index (κ2) is 4.85. The average molecular weight is 113 g/mol. The average Bonchev–Trinajstić information content (AvgIpc) is 1.66. The van der Waals surface area contributed by atoms with Gasteiger partial charge in [0.15, 0.2) is 0 Å². The molecule has 1 nitrogen and oxygen atoms in total. The number of allylic oxidation sites excluding steroid dienone is 1. The summed E-state index contributed by atoms with van der Waals surface area (Å²) in [5, 5.41) is 0. The van der Waals surface area contributed by atoms with Crippen LogP contribution in [0.4, 0.5) is 0 Å². The highest BCUT2D eigenvalue weighted by molar-refractivity contribution is 4.82. The molecule has 0 heterocycles. The van der Waals surface area contributed by atoms with Gasteiger partial charge in [0.25, 0.3) is 0 Å². The molecule has 0 aromatic rings. The summed E-state index contributed by atoms with van der Waals surface area (Å²) in [6, 6.07) is 0.317. The largest absolute Gasteiger partial charge is 0.328 e. The molecule has 0 aliphatic heterocycles. The summed E-state index contributed by atoms with van der Waals surface area (Å²) in [5.41, 5.74) is 5.48. The minimum Gasteiger partial charge on any atom is -0.328 e. The highest BCUT2D eigenvalue weighted by Crippen LogP contribution is 1.88. The minimum absolute atomic E-state index is 0.317. The molecule has 0 rings (SSSR count). The molecule has 0 bridgehead atoms. The molecule has 1 atom stereocenters. The zero-order chi connectivity index (χ0) is 6.41. The molecular weight excluding hydrogens is 98.1 g/mol. The smallest absolute Gasteiger partial charge is 0.00449 e. The van der Waals surface area contributed by atoms with Crippen LogP contribution < -0.4 is 5.73 Å². The van der Waals surface area contributed by atoms with Gasteiger partial charge in [0.05, 0.1) is 0 Å². The van der Waals surface area contributed by atoms with Gasteiger partial charge in [0, 0.05) is 6.04 Å². The monoisotopic (exact) mass is 113 g/mol. The molecule has 48 valence electrons. The molecule has 0 saturated heterocycles. The van der Waals surface area contributed by atoms with Crippen molar-refractivity contribution in [1.29, 1.82) is 0 Å². The van der Waals surface area contributed by atoms with Crippen LogP contribution in [0.15, 0.2) is 12.2 Å². The van der Waals surface area contributed by atoms with E-state index in [1.54, 1.807) is 0 Å². The Morgan fingerprint density at radius 3 is 2.50 bits per heavy atom. The van der Waals surface area contributed by atoms with Crippen molar-refractivity contribution in [2.24, 2.45) is 5.73 Å². The van der Waals surface area contributed by atoms with Crippen molar-refractivity contribution in [3.63, 3.8) is 0 Å². The third-order valence-corrected chi connectivity index (χ3v) is 0.910. The van der Waals surface area contributed by atoms with E-state index in [1.807, 2.05) is 6.92 Å². The van der Waals surface area contributed by atoms with Crippen LogP contribution >= 0.6 is 0 Å². The maximum Gasteiger partial charge on any atom is 0.00449 e. The fourth-order valence-corrected chi connectivity index (χ4v) is 0.478. The predicted octanol–water partition coefficient (Wildman–Crippen LogP) is 1.69. The molecule has 0 fully saturated rings. The van der Waals surface area contributed by atoms with Crippen molar-refractivity contribution in [2.75, 3.05) is 0 Å². The molecule has 1 heteroatoms. The van der Waals surface area contributed by atoms with Crippen LogP contribution in [-0.2, 0) is 0 Å². The van der Waals surface area contributed by atoms with E-state index in [-0.39, 0.29) is 0 Å². The first-order chi connectivity index (χ1) is 3.77. The molecule has 1 unspecified atom stereocenters. The quantitative estimate of drug-likeness (QED) is 0.554. The van der Waals surface area contributed by atoms with Crippen LogP contribution in [0.2, 0.25) is 0 Å². The number of nitrogens with two attached hydrogens (primary N) is 1. The summed E-state index contributed by atoms with van der Waals surface area (Å²) in [6.07, 6.45) is 6.40. The van der Waals surface area contributed by atoms with Crippen molar-refractivity contribution in [3.8, 4) is 0 Å². The molecule has 0 aliphatic carbocycles. The van der Waals surface area contributed by atoms with Crippen molar-refractivity contribution in [1.82, 2.24) is 0 Å². The molecule has 0 aromatic heterocycles. The Hall–Kier alpha value is -0.300. The summed E-state index contributed by atoms with van der Waals surface area (Å²) >= 11 is 0. The Morgan fingerprint density at radius 1 is 1.50 bits per heavy atom. The fraction of sp³-hybridized carbons (Fsp3) is 0.714. The highest BCUT2D eigenvalue weighted by Gasteiger charge is 1.84. The second-order valence-electron chi connectivity index (χ2n) is 2.09. The predicted molar refractivity (Wildman–Crippen MR) is 37.7 cm³/mol. The van der Waals surface area contributed by atoms with E-state index >= 15 is 0 Å². The van der Waals surface area contributed by atoms with Gasteiger partial charge < -0.3 is 5.73 Å². The SMILES string of the molecule is CC/C=C/CC(C)N. The maximum atomic E-state index is 5.48. The molecule has 0 amide bonds. The summed E-state index contributed by atoms with van der Waals surface area (Å²) in [5.74, 6) is 0. The first kappa shape index (κ1) is 7.70. The Bertz CT molecular complexity index is 64.8. The van der Waals surface area contributed by atoms with Crippen LogP contribution in [0.1, 0.15) is 26.7 Å². The van der Waals surface area contributed by atoms with Crippen LogP contribution in [0.25, 0.3) is 0 Å². The molecule has 2 N–H and O–H groups in total. The minimum atomic E-state index is 0.317. The number of hydrogen-bond acceptors (Lipinski definition) is 1. The number of rotatable bonds is 3. The molecule has 0 spiro atoms. The van der Waals surface area contributed by atoms with Gasteiger partial charge in [-0.15, -0.1) is 0 Å². The van der Waals surface area contributed by atoms with Crippen LogP contribution in [0.5, 0.6) is 0 Å². The molecular formula is C7H15N. The van der Waals surface area contributed by atoms with E-state index in [0.29, 0.717) is 6.04 Å². The first-order valence-corrected chi connectivity index (χ1v) is 3.18. The van der Waals surface area contributed by atoms with E-state index in [0.717, 1.165) is 12.8 Å². The Kier molecular flexibility index (Phi) is 4.67. The van der Waals surface area contributed by atoms with E-state index in [4.69, 9.17) is 5.73 Å². The van der Waals surface area contributed by atoms with Crippen molar-refractivity contribution in [2.45, 2.75) is 32.7 Å². The van der Waals surface area contributed by atoms with Gasteiger partial charge >= 0.3 is 0 Å². The lowest BCUT2D eigenvalue weighted by Crippen LogP contribution is -2.12. The summed E-state index contributed by atoms with van der Waals surface area (Å²) in [7, 11) is 0. The van der Waals surface area contributed by atoms with Gasteiger partial charge in [-0.05, 0) is 19.8 Å². The highest BCUT2D eigenvalue weighted by atomic mass is 14.6. The normalized spacial score (nSPS) is 14.9. The van der Waals surface area contributed by atoms with Crippen LogP contribution in [0.3, 0.4) is 0 Å². The van der Waals surface area contributed by atoms with E-state index in [9.17, 15) is 0 Å². The summed E-state index contributed by atoms with van der Waals surface area (Å²) in [6.45, 7) is 4.14. The Balaban J connectivity index is 3.03.